The van der Waals surface area contributed by atoms with E-state index < -0.39 is 18.1 Å². The number of halogens is 2. The molecular weight excluding hydrogens is 368 g/mol. The Morgan fingerprint density at radius 3 is 2.61 bits per heavy atom. The second-order valence-corrected chi connectivity index (χ2v) is 7.07. The fraction of sp³-hybridized carbons (Fsp3) is 0.400. The predicted molar refractivity (Wildman–Crippen MR) is 101 cm³/mol. The van der Waals surface area contributed by atoms with Gasteiger partial charge < -0.3 is 20.8 Å². The van der Waals surface area contributed by atoms with Gasteiger partial charge in [0.15, 0.2) is 0 Å². The number of carbonyl (C=O) groups excluding carboxylic acids is 1. The highest BCUT2D eigenvalue weighted by Crippen LogP contribution is 2.30. The minimum atomic E-state index is -2.86. The quantitative estimate of drug-likeness (QED) is 0.705. The molecular formula is C20H23F2N3O3. The molecule has 0 fully saturated rings. The van der Waals surface area contributed by atoms with Gasteiger partial charge in [0.1, 0.15) is 11.3 Å². The van der Waals surface area contributed by atoms with Gasteiger partial charge in [0.2, 0.25) is 0 Å². The van der Waals surface area contributed by atoms with Crippen LogP contribution in [0.15, 0.2) is 23.0 Å². The number of ether oxygens (including phenoxy) is 1. The largest absolute Gasteiger partial charge is 0.434 e. The number of primary amides is 1. The Morgan fingerprint density at radius 1 is 1.32 bits per heavy atom. The van der Waals surface area contributed by atoms with Crippen molar-refractivity contribution in [2.45, 2.75) is 52.3 Å². The summed E-state index contributed by atoms with van der Waals surface area (Å²) in [6.07, 6.45) is 2.48. The highest BCUT2D eigenvalue weighted by Gasteiger charge is 2.23. The maximum atomic E-state index is 12.5. The molecule has 0 aliphatic heterocycles. The molecule has 2 aromatic rings. The second-order valence-electron chi connectivity index (χ2n) is 7.07. The van der Waals surface area contributed by atoms with E-state index in [1.807, 2.05) is 12.1 Å². The first kappa shape index (κ1) is 20.0. The van der Waals surface area contributed by atoms with Crippen LogP contribution in [-0.2, 0) is 13.0 Å². The Morgan fingerprint density at radius 2 is 2.00 bits per heavy atom. The van der Waals surface area contributed by atoms with Crippen LogP contribution in [-0.4, -0.2) is 17.5 Å². The summed E-state index contributed by atoms with van der Waals surface area (Å²) in [6.45, 7) is 1.11. The molecule has 0 saturated carbocycles. The number of benzene rings is 1. The molecule has 1 aromatic carbocycles. The summed E-state index contributed by atoms with van der Waals surface area (Å²) in [6, 6.07) is 5.15. The van der Waals surface area contributed by atoms with Crippen molar-refractivity contribution in [3.05, 3.63) is 62.1 Å². The monoisotopic (exact) mass is 391 g/mol. The van der Waals surface area contributed by atoms with Crippen LogP contribution in [0.4, 0.5) is 8.78 Å². The molecule has 1 aromatic heterocycles. The number of hydrogen-bond acceptors (Lipinski definition) is 4. The van der Waals surface area contributed by atoms with Crippen molar-refractivity contribution in [3.8, 4) is 5.75 Å². The molecule has 4 N–H and O–H groups in total. The van der Waals surface area contributed by atoms with Crippen molar-refractivity contribution < 1.29 is 18.3 Å². The fourth-order valence-corrected chi connectivity index (χ4v) is 3.79. The molecule has 28 heavy (non-hydrogen) atoms. The van der Waals surface area contributed by atoms with Crippen LogP contribution in [0, 0.1) is 13.8 Å². The Labute approximate surface area is 161 Å². The number of carbonyl (C=O) groups is 1. The molecule has 3 rings (SSSR count). The van der Waals surface area contributed by atoms with Gasteiger partial charge in [-0.1, -0.05) is 12.1 Å². The number of H-pyrrole nitrogens is 1. The average molecular weight is 391 g/mol. The second kappa shape index (κ2) is 8.10. The smallest absolute Gasteiger partial charge is 0.387 e. The lowest BCUT2D eigenvalue weighted by molar-refractivity contribution is -0.0507. The van der Waals surface area contributed by atoms with E-state index in [1.165, 1.54) is 0 Å². The van der Waals surface area contributed by atoms with Crippen molar-refractivity contribution in [2.75, 3.05) is 0 Å². The van der Waals surface area contributed by atoms with Crippen LogP contribution in [0.25, 0.3) is 0 Å². The van der Waals surface area contributed by atoms with Crippen LogP contribution < -0.4 is 21.3 Å². The number of nitrogens with two attached hydrogens (primary N) is 1. The predicted octanol–water partition coefficient (Wildman–Crippen LogP) is 2.86. The lowest BCUT2D eigenvalue weighted by atomic mass is 9.90. The molecule has 1 heterocycles. The number of alkyl halides is 2. The first-order chi connectivity index (χ1) is 13.3. The van der Waals surface area contributed by atoms with Crippen molar-refractivity contribution in [1.82, 2.24) is 10.3 Å². The fourth-order valence-electron chi connectivity index (χ4n) is 3.79. The van der Waals surface area contributed by atoms with E-state index in [4.69, 9.17) is 5.73 Å². The van der Waals surface area contributed by atoms with E-state index in [2.05, 4.69) is 15.0 Å². The van der Waals surface area contributed by atoms with E-state index in [-0.39, 0.29) is 17.4 Å². The van der Waals surface area contributed by atoms with Crippen LogP contribution >= 0.6 is 0 Å². The standard InChI is InChI=1S/C20H23F2N3O3/c1-10-6-12(7-11(2)17(10)28-20(21)22)9-24-15-4-3-5-16-13(15)8-14(18(23)26)19(27)25-16/h6-8,15,20,24H,3-5,9H2,1-2H3,(H2,23,26)(H,25,27). The lowest BCUT2D eigenvalue weighted by Crippen LogP contribution is -2.31. The normalized spacial score (nSPS) is 16.1. The zero-order chi connectivity index (χ0) is 20.4. The number of pyridine rings is 1. The zero-order valence-electron chi connectivity index (χ0n) is 15.8. The van der Waals surface area contributed by atoms with Gasteiger partial charge in [-0.2, -0.15) is 8.78 Å². The maximum absolute atomic E-state index is 12.5. The highest BCUT2D eigenvalue weighted by molar-refractivity contribution is 5.92. The third-order valence-corrected chi connectivity index (χ3v) is 5.00. The van der Waals surface area contributed by atoms with E-state index >= 15 is 0 Å². The molecule has 8 heteroatoms. The molecule has 1 aliphatic rings. The van der Waals surface area contributed by atoms with Gasteiger partial charge in [0.05, 0.1) is 0 Å². The number of nitrogens with one attached hydrogen (secondary N) is 2. The van der Waals surface area contributed by atoms with Crippen LogP contribution in [0.3, 0.4) is 0 Å². The number of fused-ring (bicyclic) bond motifs is 1. The minimum absolute atomic E-state index is 0.0451. The van der Waals surface area contributed by atoms with Crippen molar-refractivity contribution >= 4 is 5.91 Å². The van der Waals surface area contributed by atoms with Crippen LogP contribution in [0.2, 0.25) is 0 Å². The zero-order valence-corrected chi connectivity index (χ0v) is 15.8. The summed E-state index contributed by atoms with van der Waals surface area (Å²) in [5.41, 5.74) is 8.67. The summed E-state index contributed by atoms with van der Waals surface area (Å²) in [4.78, 5) is 26.2. The van der Waals surface area contributed by atoms with E-state index in [0.717, 1.165) is 36.1 Å². The maximum Gasteiger partial charge on any atom is 0.387 e. The topological polar surface area (TPSA) is 97.2 Å². The van der Waals surface area contributed by atoms with E-state index in [1.54, 1.807) is 19.9 Å². The Balaban J connectivity index is 1.80. The summed E-state index contributed by atoms with van der Waals surface area (Å²) >= 11 is 0. The van der Waals surface area contributed by atoms with Crippen LogP contribution in [0.1, 0.15) is 57.2 Å². The van der Waals surface area contributed by atoms with Gasteiger partial charge in [-0.05, 0) is 61.4 Å². The molecule has 6 nitrogen and oxygen atoms in total. The Kier molecular flexibility index (Phi) is 5.79. The van der Waals surface area contributed by atoms with Crippen molar-refractivity contribution in [2.24, 2.45) is 5.73 Å². The molecule has 0 radical (unpaired) electrons. The Bertz CT molecular complexity index is 933. The first-order valence-electron chi connectivity index (χ1n) is 9.10. The third-order valence-electron chi connectivity index (χ3n) is 5.00. The lowest BCUT2D eigenvalue weighted by Gasteiger charge is -2.27. The van der Waals surface area contributed by atoms with Crippen LogP contribution in [0.5, 0.6) is 5.75 Å². The molecule has 0 saturated heterocycles. The summed E-state index contributed by atoms with van der Waals surface area (Å²) in [5, 5.41) is 3.43. The molecule has 0 spiro atoms. The average Bonchev–Trinajstić information content (AvgIpc) is 2.61. The first-order valence-corrected chi connectivity index (χ1v) is 9.10. The number of aromatic amines is 1. The Hall–Kier alpha value is -2.74. The number of hydrogen-bond donors (Lipinski definition) is 3. The van der Waals surface area contributed by atoms with Gasteiger partial charge >= 0.3 is 6.61 Å². The number of rotatable bonds is 6. The molecule has 0 bridgehead atoms. The highest BCUT2D eigenvalue weighted by atomic mass is 19.3. The van der Waals surface area contributed by atoms with Gasteiger partial charge in [-0.25, -0.2) is 0 Å². The summed E-state index contributed by atoms with van der Waals surface area (Å²) in [5.74, 6) is -0.556. The summed E-state index contributed by atoms with van der Waals surface area (Å²) in [7, 11) is 0. The molecule has 1 unspecified atom stereocenters. The van der Waals surface area contributed by atoms with Gasteiger partial charge in [0, 0.05) is 18.3 Å². The molecule has 1 amide bonds. The van der Waals surface area contributed by atoms with E-state index in [9.17, 15) is 18.4 Å². The van der Waals surface area contributed by atoms with Gasteiger partial charge in [-0.15, -0.1) is 0 Å². The summed E-state index contributed by atoms with van der Waals surface area (Å²) < 4.78 is 29.7. The third kappa shape index (κ3) is 4.22. The van der Waals surface area contributed by atoms with E-state index in [0.29, 0.717) is 17.7 Å². The molecule has 1 aliphatic carbocycles. The number of aryl methyl sites for hydroxylation is 3. The van der Waals surface area contributed by atoms with Crippen molar-refractivity contribution in [3.63, 3.8) is 0 Å². The SMILES string of the molecule is Cc1cc(CNC2CCCc3[nH]c(=O)c(C(N)=O)cc32)cc(C)c1OC(F)F. The van der Waals surface area contributed by atoms with Crippen molar-refractivity contribution in [1.29, 1.82) is 0 Å². The number of aromatic nitrogens is 1. The number of amides is 1. The minimum Gasteiger partial charge on any atom is -0.434 e. The molecule has 1 atom stereocenters. The molecule has 150 valence electrons. The van der Waals surface area contributed by atoms with Gasteiger partial charge in [0.25, 0.3) is 11.5 Å². The van der Waals surface area contributed by atoms with Gasteiger partial charge in [-0.3, -0.25) is 9.59 Å².